The van der Waals surface area contributed by atoms with E-state index in [4.69, 9.17) is 9.05 Å². The molecule has 18 heavy (non-hydrogen) atoms. The summed E-state index contributed by atoms with van der Waals surface area (Å²) >= 11 is 0.698. The number of hydrogen-bond donors (Lipinski definition) is 1. The van der Waals surface area contributed by atoms with Gasteiger partial charge in [-0.25, -0.2) is 0 Å². The third kappa shape index (κ3) is 3.20. The van der Waals surface area contributed by atoms with E-state index in [0.717, 1.165) is 12.8 Å². The van der Waals surface area contributed by atoms with Crippen LogP contribution >= 0.6 is 7.60 Å². The van der Waals surface area contributed by atoms with Crippen LogP contribution in [-0.4, -0.2) is 24.0 Å². The fraction of sp³-hybridized carbons (Fsp3) is 1.00. The van der Waals surface area contributed by atoms with E-state index in [1.165, 1.54) is 0 Å². The van der Waals surface area contributed by atoms with Crippen LogP contribution in [0.1, 0.15) is 47.5 Å². The maximum atomic E-state index is 13.0. The summed E-state index contributed by atoms with van der Waals surface area (Å²) in [6.45, 7) is 11.1. The van der Waals surface area contributed by atoms with E-state index in [1.54, 1.807) is 0 Å². The molecule has 103 valence electrons. The summed E-state index contributed by atoms with van der Waals surface area (Å²) in [4.78, 5) is 0. The summed E-state index contributed by atoms with van der Waals surface area (Å²) in [5.74, 6) is 0. The van der Waals surface area contributed by atoms with Crippen LogP contribution in [0.25, 0.3) is 0 Å². The van der Waals surface area contributed by atoms with Crippen LogP contribution < -0.4 is 5.32 Å². The van der Waals surface area contributed by atoms with Gasteiger partial charge in [-0.1, -0.05) is 0 Å². The standard InChI is InChI=1S/C12H25NO3P.Hg/c1-6-11(4)9-10-12(5,13-11)17(14,15-7-2)16-8-3;/h6,13H,7-10H2,1-5H3;. The van der Waals surface area contributed by atoms with Crippen LogP contribution in [0.15, 0.2) is 0 Å². The van der Waals surface area contributed by atoms with Gasteiger partial charge in [-0.15, -0.1) is 0 Å². The van der Waals surface area contributed by atoms with Crippen LogP contribution in [0.3, 0.4) is 0 Å². The zero-order valence-electron chi connectivity index (χ0n) is 12.3. The minimum atomic E-state index is -3.09. The number of nitrogens with one attached hydrogen (secondary N) is 1. The third-order valence-corrected chi connectivity index (χ3v) is 10.2. The van der Waals surface area contributed by atoms with E-state index in [1.807, 2.05) is 20.8 Å². The normalized spacial score (nSPS) is 34.8. The Kier molecular flexibility index (Phi) is 5.90. The zero-order valence-corrected chi connectivity index (χ0v) is 18.7. The van der Waals surface area contributed by atoms with Gasteiger partial charge in [0.25, 0.3) is 0 Å². The van der Waals surface area contributed by atoms with E-state index in [0.29, 0.717) is 42.8 Å². The molecule has 1 saturated heterocycles. The SMILES string of the molecule is CCOP(=O)(OCC)C1(C)CCC(C)([CH](C)[Hg])N1. The van der Waals surface area contributed by atoms with Gasteiger partial charge < -0.3 is 0 Å². The van der Waals surface area contributed by atoms with Gasteiger partial charge in [0.1, 0.15) is 0 Å². The van der Waals surface area contributed by atoms with Crippen molar-refractivity contribution in [3.63, 3.8) is 0 Å². The van der Waals surface area contributed by atoms with Crippen LogP contribution in [-0.2, 0) is 39.7 Å². The first kappa shape index (κ1) is 17.1. The first-order valence-electron chi connectivity index (χ1n) is 6.74. The minimum absolute atomic E-state index is 0.0850. The van der Waals surface area contributed by atoms with Crippen molar-refractivity contribution >= 4 is 7.60 Å². The molecule has 3 atom stereocenters. The molecule has 1 N–H and O–H groups in total. The topological polar surface area (TPSA) is 47.6 Å². The molecule has 0 saturated carbocycles. The van der Waals surface area contributed by atoms with Crippen LogP contribution in [0.2, 0.25) is 3.43 Å². The molecule has 1 heterocycles. The summed E-state index contributed by atoms with van der Waals surface area (Å²) < 4.78 is 24.7. The Balaban J connectivity index is 2.96. The molecule has 4 nitrogen and oxygen atoms in total. The molecule has 6 heteroatoms. The average Bonchev–Trinajstić information content (AvgIpc) is 2.59. The van der Waals surface area contributed by atoms with Gasteiger partial charge in [-0.05, 0) is 0 Å². The second-order valence-corrected chi connectivity index (χ2v) is 12.8. The van der Waals surface area contributed by atoms with Gasteiger partial charge in [-0.2, -0.15) is 0 Å². The van der Waals surface area contributed by atoms with Crippen molar-refractivity contribution < 1.29 is 39.7 Å². The molecule has 1 rings (SSSR count). The van der Waals surface area contributed by atoms with Crippen LogP contribution in [0.4, 0.5) is 0 Å². The maximum absolute atomic E-state index is 13.0. The Labute approximate surface area is 127 Å². The second kappa shape index (κ2) is 6.21. The first-order chi connectivity index (χ1) is 8.23. The molecule has 0 aromatic rings. The van der Waals surface area contributed by atoms with E-state index in [9.17, 15) is 4.57 Å². The van der Waals surface area contributed by atoms with E-state index < -0.39 is 12.9 Å². The Hall–Kier alpha value is 1.05. The van der Waals surface area contributed by atoms with Crippen molar-refractivity contribution in [2.24, 2.45) is 0 Å². The third-order valence-electron chi connectivity index (χ3n) is 3.98. The number of hydrogen-bond acceptors (Lipinski definition) is 4. The van der Waals surface area contributed by atoms with E-state index in [2.05, 4.69) is 19.2 Å². The van der Waals surface area contributed by atoms with Gasteiger partial charge in [0, 0.05) is 0 Å². The summed E-state index contributed by atoms with van der Waals surface area (Å²) in [5.41, 5.74) is 0.0850. The van der Waals surface area contributed by atoms with Crippen molar-refractivity contribution in [2.45, 2.75) is 61.7 Å². The predicted octanol–water partition coefficient (Wildman–Crippen LogP) is 3.47. The molecule has 0 aromatic carbocycles. The Morgan fingerprint density at radius 2 is 1.78 bits per heavy atom. The summed E-state index contributed by atoms with van der Waals surface area (Å²) in [5, 5.41) is 3.05. The zero-order chi connectivity index (χ0) is 14.0. The summed E-state index contributed by atoms with van der Waals surface area (Å²) in [6, 6.07) is 0. The molecule has 0 radical (unpaired) electrons. The van der Waals surface area contributed by atoms with Gasteiger partial charge >= 0.3 is 128 Å². The van der Waals surface area contributed by atoms with Gasteiger partial charge in [0.2, 0.25) is 0 Å². The average molecular weight is 463 g/mol. The molecule has 3 unspecified atom stereocenters. The molecule has 0 aliphatic carbocycles. The van der Waals surface area contributed by atoms with Crippen molar-refractivity contribution in [3.05, 3.63) is 0 Å². The molecular weight excluding hydrogens is 438 g/mol. The molecule has 1 fully saturated rings. The Bertz CT molecular complexity index is 329. The fourth-order valence-electron chi connectivity index (χ4n) is 2.48. The quantitative estimate of drug-likeness (QED) is 0.485. The van der Waals surface area contributed by atoms with E-state index in [-0.39, 0.29) is 5.54 Å². The molecule has 0 aromatic heterocycles. The van der Waals surface area contributed by atoms with Crippen molar-refractivity contribution in [1.29, 1.82) is 0 Å². The Morgan fingerprint density at radius 1 is 1.28 bits per heavy atom. The van der Waals surface area contributed by atoms with Gasteiger partial charge in [-0.3, -0.25) is 0 Å². The molecular formula is C12H25HgNO3P. The molecule has 0 spiro atoms. The van der Waals surface area contributed by atoms with E-state index >= 15 is 0 Å². The first-order valence-corrected chi connectivity index (χ1v) is 11.5. The van der Waals surface area contributed by atoms with Crippen molar-refractivity contribution in [3.8, 4) is 0 Å². The van der Waals surface area contributed by atoms with Gasteiger partial charge in [0.15, 0.2) is 0 Å². The molecule has 1 aliphatic heterocycles. The van der Waals surface area contributed by atoms with Crippen molar-refractivity contribution in [2.75, 3.05) is 13.2 Å². The van der Waals surface area contributed by atoms with Crippen molar-refractivity contribution in [1.82, 2.24) is 5.32 Å². The van der Waals surface area contributed by atoms with Crippen LogP contribution in [0, 0.1) is 0 Å². The summed E-state index contributed by atoms with van der Waals surface area (Å²) in [7, 11) is -3.09. The second-order valence-electron chi connectivity index (χ2n) is 5.55. The van der Waals surface area contributed by atoms with Crippen LogP contribution in [0.5, 0.6) is 0 Å². The fourth-order valence-corrected chi connectivity index (χ4v) is 5.77. The monoisotopic (exact) mass is 464 g/mol. The summed E-state index contributed by atoms with van der Waals surface area (Å²) in [6.07, 6.45) is 1.89. The molecule has 0 bridgehead atoms. The molecule has 0 amide bonds. The molecule has 1 aliphatic rings. The predicted molar refractivity (Wildman–Crippen MR) is 69.5 cm³/mol. The Morgan fingerprint density at radius 3 is 2.11 bits per heavy atom. The van der Waals surface area contributed by atoms with Gasteiger partial charge in [0.05, 0.1) is 0 Å². The number of rotatable bonds is 6.